The molecule has 1 aliphatic carbocycles. The first kappa shape index (κ1) is 15.1. The van der Waals surface area contributed by atoms with E-state index in [2.05, 4.69) is 10.4 Å². The molecule has 122 valence electrons. The monoisotopic (exact) mass is 317 g/mol. The molecular formula is C13H18F3N5O. The van der Waals surface area contributed by atoms with Gasteiger partial charge < -0.3 is 16.0 Å². The molecule has 9 heteroatoms. The van der Waals surface area contributed by atoms with E-state index in [0.717, 1.165) is 23.6 Å². The van der Waals surface area contributed by atoms with E-state index in [-0.39, 0.29) is 23.8 Å². The van der Waals surface area contributed by atoms with Crippen molar-refractivity contribution in [3.8, 4) is 0 Å². The van der Waals surface area contributed by atoms with Crippen LogP contribution in [0, 0.1) is 5.92 Å². The lowest BCUT2D eigenvalue weighted by atomic mass is 9.70. The van der Waals surface area contributed by atoms with E-state index in [1.165, 1.54) is 7.05 Å². The molecule has 6 nitrogen and oxygen atoms in total. The molecule has 0 aromatic carbocycles. The fourth-order valence-electron chi connectivity index (χ4n) is 3.20. The lowest BCUT2D eigenvalue weighted by Crippen LogP contribution is -2.55. The van der Waals surface area contributed by atoms with Gasteiger partial charge in [0.15, 0.2) is 0 Å². The Hall–Kier alpha value is -1.77. The SMILES string of the molecule is Cn1nc(CNC(=O)N2C[C@@H]3CC[C@]3(N)C2)cc1C(F)(F)F. The third kappa shape index (κ3) is 2.53. The van der Waals surface area contributed by atoms with Crippen LogP contribution in [0.15, 0.2) is 6.07 Å². The Morgan fingerprint density at radius 3 is 2.77 bits per heavy atom. The minimum Gasteiger partial charge on any atom is -0.332 e. The first-order valence-electron chi connectivity index (χ1n) is 7.11. The van der Waals surface area contributed by atoms with Gasteiger partial charge in [-0.25, -0.2) is 4.79 Å². The molecule has 0 radical (unpaired) electrons. The topological polar surface area (TPSA) is 76.2 Å². The van der Waals surface area contributed by atoms with E-state index in [0.29, 0.717) is 19.0 Å². The molecule has 2 heterocycles. The Morgan fingerprint density at radius 2 is 2.32 bits per heavy atom. The average Bonchev–Trinajstić information content (AvgIpc) is 2.89. The minimum absolute atomic E-state index is 0.0402. The first-order valence-corrected chi connectivity index (χ1v) is 7.11. The maximum Gasteiger partial charge on any atom is 0.433 e. The number of halogens is 3. The quantitative estimate of drug-likeness (QED) is 0.857. The van der Waals surface area contributed by atoms with Gasteiger partial charge in [0, 0.05) is 25.7 Å². The van der Waals surface area contributed by atoms with Crippen LogP contribution in [-0.4, -0.2) is 39.3 Å². The molecule has 2 amide bonds. The van der Waals surface area contributed by atoms with Crippen LogP contribution in [0.3, 0.4) is 0 Å². The van der Waals surface area contributed by atoms with Gasteiger partial charge in [-0.1, -0.05) is 0 Å². The number of nitrogens with zero attached hydrogens (tertiary/aromatic N) is 3. The van der Waals surface area contributed by atoms with E-state index in [4.69, 9.17) is 5.73 Å². The van der Waals surface area contributed by atoms with Crippen molar-refractivity contribution in [2.45, 2.75) is 31.1 Å². The number of amides is 2. The van der Waals surface area contributed by atoms with Gasteiger partial charge in [-0.05, 0) is 24.8 Å². The highest BCUT2D eigenvalue weighted by Crippen LogP contribution is 2.42. The highest BCUT2D eigenvalue weighted by molar-refractivity contribution is 5.74. The molecule has 0 bridgehead atoms. The van der Waals surface area contributed by atoms with E-state index < -0.39 is 11.9 Å². The van der Waals surface area contributed by atoms with Gasteiger partial charge >= 0.3 is 12.2 Å². The van der Waals surface area contributed by atoms with Crippen molar-refractivity contribution in [3.05, 3.63) is 17.5 Å². The van der Waals surface area contributed by atoms with Gasteiger partial charge in [-0.3, -0.25) is 4.68 Å². The Balaban J connectivity index is 1.58. The Morgan fingerprint density at radius 1 is 1.59 bits per heavy atom. The largest absolute Gasteiger partial charge is 0.433 e. The summed E-state index contributed by atoms with van der Waals surface area (Å²) in [6, 6.07) is 0.636. The van der Waals surface area contributed by atoms with Crippen LogP contribution in [0.2, 0.25) is 0 Å². The number of rotatable bonds is 2. The summed E-state index contributed by atoms with van der Waals surface area (Å²) in [5.41, 5.74) is 5.22. The van der Waals surface area contributed by atoms with Crippen LogP contribution < -0.4 is 11.1 Å². The Labute approximate surface area is 125 Å². The molecule has 22 heavy (non-hydrogen) atoms. The van der Waals surface area contributed by atoms with Crippen LogP contribution in [0.4, 0.5) is 18.0 Å². The Bertz CT molecular complexity index is 599. The summed E-state index contributed by atoms with van der Waals surface area (Å²) in [7, 11) is 1.23. The number of alkyl halides is 3. The highest BCUT2D eigenvalue weighted by atomic mass is 19.4. The summed E-state index contributed by atoms with van der Waals surface area (Å²) in [5, 5.41) is 6.38. The second-order valence-corrected chi connectivity index (χ2v) is 6.15. The summed E-state index contributed by atoms with van der Waals surface area (Å²) in [4.78, 5) is 13.7. The van der Waals surface area contributed by atoms with Gasteiger partial charge in [-0.15, -0.1) is 0 Å². The van der Waals surface area contributed by atoms with Gasteiger partial charge in [0.2, 0.25) is 0 Å². The zero-order valence-corrected chi connectivity index (χ0v) is 12.2. The third-order valence-electron chi connectivity index (χ3n) is 4.63. The van der Waals surface area contributed by atoms with Crippen molar-refractivity contribution in [1.82, 2.24) is 20.0 Å². The molecule has 1 aliphatic heterocycles. The number of carbonyl (C=O) groups excluding carboxylic acids is 1. The lowest BCUT2D eigenvalue weighted by Gasteiger charge is -2.39. The predicted octanol–water partition coefficient (Wildman–Crippen LogP) is 1.07. The molecule has 1 saturated heterocycles. The van der Waals surface area contributed by atoms with Crippen LogP contribution in [0.5, 0.6) is 0 Å². The van der Waals surface area contributed by atoms with E-state index in [9.17, 15) is 18.0 Å². The third-order valence-corrected chi connectivity index (χ3v) is 4.63. The fourth-order valence-corrected chi connectivity index (χ4v) is 3.20. The summed E-state index contributed by atoms with van der Waals surface area (Å²) in [6.07, 6.45) is -2.52. The normalized spacial score (nSPS) is 27.5. The molecule has 2 aliphatic rings. The molecule has 1 saturated carbocycles. The van der Waals surface area contributed by atoms with Gasteiger partial charge in [0.05, 0.1) is 12.2 Å². The van der Waals surface area contributed by atoms with Crippen LogP contribution in [0.25, 0.3) is 0 Å². The molecule has 2 fully saturated rings. The summed E-state index contributed by atoms with van der Waals surface area (Å²) >= 11 is 0. The second kappa shape index (κ2) is 4.87. The molecule has 3 N–H and O–H groups in total. The van der Waals surface area contributed by atoms with E-state index in [1.54, 1.807) is 4.90 Å². The fraction of sp³-hybridized carbons (Fsp3) is 0.692. The van der Waals surface area contributed by atoms with Gasteiger partial charge in [-0.2, -0.15) is 18.3 Å². The van der Waals surface area contributed by atoms with Crippen molar-refractivity contribution >= 4 is 6.03 Å². The van der Waals surface area contributed by atoms with E-state index in [1.807, 2.05) is 0 Å². The van der Waals surface area contributed by atoms with Gasteiger partial charge in [0.25, 0.3) is 0 Å². The Kier molecular flexibility index (Phi) is 3.35. The van der Waals surface area contributed by atoms with Crippen molar-refractivity contribution in [3.63, 3.8) is 0 Å². The first-order chi connectivity index (χ1) is 10.2. The number of likely N-dealkylation sites (tertiary alicyclic amines) is 1. The lowest BCUT2D eigenvalue weighted by molar-refractivity contribution is -0.143. The number of hydrogen-bond donors (Lipinski definition) is 2. The molecule has 1 aromatic heterocycles. The zero-order valence-electron chi connectivity index (χ0n) is 12.2. The van der Waals surface area contributed by atoms with Crippen LogP contribution in [0.1, 0.15) is 24.2 Å². The number of aromatic nitrogens is 2. The second-order valence-electron chi connectivity index (χ2n) is 6.15. The number of nitrogens with one attached hydrogen (secondary N) is 1. The summed E-state index contributed by atoms with van der Waals surface area (Å²) < 4.78 is 38.8. The number of urea groups is 1. The smallest absolute Gasteiger partial charge is 0.332 e. The van der Waals surface area contributed by atoms with Crippen molar-refractivity contribution in [2.75, 3.05) is 13.1 Å². The van der Waals surface area contributed by atoms with E-state index >= 15 is 0 Å². The minimum atomic E-state index is -4.45. The summed E-state index contributed by atoms with van der Waals surface area (Å²) in [6.45, 7) is 1.07. The summed E-state index contributed by atoms with van der Waals surface area (Å²) in [5.74, 6) is 0.338. The predicted molar refractivity (Wildman–Crippen MR) is 71.7 cm³/mol. The molecule has 0 spiro atoms. The maximum atomic E-state index is 12.7. The van der Waals surface area contributed by atoms with Crippen molar-refractivity contribution in [1.29, 1.82) is 0 Å². The highest BCUT2D eigenvalue weighted by Gasteiger charge is 2.51. The number of hydrogen-bond acceptors (Lipinski definition) is 3. The number of nitrogens with two attached hydrogens (primary N) is 1. The van der Waals surface area contributed by atoms with Crippen molar-refractivity contribution < 1.29 is 18.0 Å². The average molecular weight is 317 g/mol. The maximum absolute atomic E-state index is 12.7. The molecule has 0 unspecified atom stereocenters. The molecule has 2 atom stereocenters. The van der Waals surface area contributed by atoms with Gasteiger partial charge in [0.1, 0.15) is 5.69 Å². The molecule has 1 aromatic rings. The molecular weight excluding hydrogens is 299 g/mol. The standard InChI is InChI=1S/C13H18F3N5O/c1-20-10(13(14,15)16)4-9(19-20)5-18-11(22)21-6-8-2-3-12(8,17)7-21/h4,8H,2-3,5-7,17H2,1H3,(H,18,22)/t8-,12-/m0/s1. The molecule has 3 rings (SSSR count). The van der Waals surface area contributed by atoms with Crippen molar-refractivity contribution in [2.24, 2.45) is 18.7 Å². The number of fused-ring (bicyclic) bond motifs is 1. The van der Waals surface area contributed by atoms with Crippen LogP contribution in [-0.2, 0) is 19.8 Å². The van der Waals surface area contributed by atoms with Crippen LogP contribution >= 0.6 is 0 Å². The number of carbonyl (C=O) groups is 1. The number of aryl methyl sites for hydroxylation is 1. The zero-order chi connectivity index (χ0) is 16.1.